The number of hydrogen-bond acceptors (Lipinski definition) is 6. The monoisotopic (exact) mass is 408 g/mol. The highest BCUT2D eigenvalue weighted by molar-refractivity contribution is 5.69. The van der Waals surface area contributed by atoms with Gasteiger partial charge in [-0.15, -0.1) is 10.2 Å². The Morgan fingerprint density at radius 2 is 2.13 bits per heavy atom. The SMILES string of the molecule is CN(c1ccc(-c2ccc(-n3ccnc3)cc2O)nn1)[C@H]1[C@H]2CC[C@](C)(NC2)[C@H]1F. The van der Waals surface area contributed by atoms with Crippen LogP contribution in [0.25, 0.3) is 16.9 Å². The van der Waals surface area contributed by atoms with Crippen molar-refractivity contribution < 1.29 is 9.50 Å². The van der Waals surface area contributed by atoms with Crippen molar-refractivity contribution in [3.63, 3.8) is 0 Å². The molecule has 2 aliphatic heterocycles. The van der Waals surface area contributed by atoms with Gasteiger partial charge in [-0.3, -0.25) is 0 Å². The van der Waals surface area contributed by atoms with E-state index in [4.69, 9.17) is 0 Å². The van der Waals surface area contributed by atoms with Crippen LogP contribution in [-0.4, -0.2) is 56.2 Å². The number of nitrogens with zero attached hydrogens (tertiary/aromatic N) is 5. The molecule has 8 heteroatoms. The zero-order chi connectivity index (χ0) is 20.9. The van der Waals surface area contributed by atoms with Gasteiger partial charge in [-0.1, -0.05) is 0 Å². The highest BCUT2D eigenvalue weighted by Gasteiger charge is 2.53. The second kappa shape index (κ2) is 7.05. The van der Waals surface area contributed by atoms with E-state index < -0.39 is 11.7 Å². The highest BCUT2D eigenvalue weighted by Crippen LogP contribution is 2.42. The van der Waals surface area contributed by atoms with Crippen molar-refractivity contribution in [3.05, 3.63) is 49.1 Å². The van der Waals surface area contributed by atoms with Crippen molar-refractivity contribution in [2.45, 2.75) is 37.5 Å². The Morgan fingerprint density at radius 3 is 2.77 bits per heavy atom. The molecule has 0 spiro atoms. The summed E-state index contributed by atoms with van der Waals surface area (Å²) in [7, 11) is 1.89. The second-order valence-electron chi connectivity index (χ2n) is 8.55. The van der Waals surface area contributed by atoms with Gasteiger partial charge in [-0.05, 0) is 49.9 Å². The summed E-state index contributed by atoms with van der Waals surface area (Å²) in [5, 5.41) is 22.5. The highest BCUT2D eigenvalue weighted by atomic mass is 19.1. The standard InChI is InChI=1S/C22H25FN6O/c1-22-8-7-14(12-25-22)20(21(22)23)28(2)19-6-5-17(26-27-19)16-4-3-15(11-18(16)30)29-10-9-24-13-29/h3-6,9-11,13-14,20-21,25,30H,7-8,12H2,1-2H3/t14-,20-,21-,22-/m0/s1. The van der Waals surface area contributed by atoms with Gasteiger partial charge in [0.2, 0.25) is 0 Å². The summed E-state index contributed by atoms with van der Waals surface area (Å²) >= 11 is 0. The number of aromatic nitrogens is 4. The third-order valence-corrected chi connectivity index (χ3v) is 6.71. The summed E-state index contributed by atoms with van der Waals surface area (Å²) in [5.74, 6) is 1.01. The number of aromatic hydroxyl groups is 1. The van der Waals surface area contributed by atoms with E-state index in [0.29, 0.717) is 17.1 Å². The first-order valence-electron chi connectivity index (χ1n) is 10.2. The number of nitrogens with one attached hydrogen (secondary N) is 1. The van der Waals surface area contributed by atoms with Gasteiger partial charge in [-0.25, -0.2) is 9.37 Å². The number of halogens is 1. The number of fused-ring (bicyclic) bond motifs is 3. The van der Waals surface area contributed by atoms with Crippen LogP contribution in [0.1, 0.15) is 19.8 Å². The molecule has 2 aromatic heterocycles. The maximum absolute atomic E-state index is 15.2. The molecule has 0 amide bonds. The van der Waals surface area contributed by atoms with E-state index in [1.54, 1.807) is 18.6 Å². The molecule has 0 radical (unpaired) electrons. The molecule has 30 heavy (non-hydrogen) atoms. The molecule has 6 rings (SSSR count). The van der Waals surface area contributed by atoms with Crippen LogP contribution in [-0.2, 0) is 0 Å². The minimum absolute atomic E-state index is 0.115. The molecule has 3 fully saturated rings. The van der Waals surface area contributed by atoms with Crippen molar-refractivity contribution in [3.8, 4) is 22.7 Å². The molecule has 2 N–H and O–H groups in total. The van der Waals surface area contributed by atoms with Crippen molar-refractivity contribution in [1.82, 2.24) is 25.1 Å². The number of piperidine rings is 2. The van der Waals surface area contributed by atoms with Gasteiger partial charge in [0.1, 0.15) is 11.9 Å². The van der Waals surface area contributed by atoms with E-state index in [0.717, 1.165) is 25.1 Å². The van der Waals surface area contributed by atoms with Crippen molar-refractivity contribution in [2.24, 2.45) is 5.92 Å². The lowest BCUT2D eigenvalue weighted by atomic mass is 9.68. The molecule has 1 saturated carbocycles. The lowest BCUT2D eigenvalue weighted by molar-refractivity contribution is 0.0102. The molecule has 0 unspecified atom stereocenters. The average molecular weight is 408 g/mol. The van der Waals surface area contributed by atoms with E-state index in [-0.39, 0.29) is 17.7 Å². The number of phenols is 1. The van der Waals surface area contributed by atoms with Crippen LogP contribution in [0.5, 0.6) is 5.75 Å². The summed E-state index contributed by atoms with van der Waals surface area (Å²) in [5.41, 5.74) is 1.50. The topological polar surface area (TPSA) is 79.1 Å². The first-order chi connectivity index (χ1) is 14.5. The Morgan fingerprint density at radius 1 is 1.27 bits per heavy atom. The third-order valence-electron chi connectivity index (χ3n) is 6.71. The van der Waals surface area contributed by atoms with Gasteiger partial charge in [0, 0.05) is 43.2 Å². The van der Waals surface area contributed by atoms with Crippen LogP contribution >= 0.6 is 0 Å². The number of phenolic OH excluding ortho intramolecular Hbond substituents is 1. The van der Waals surface area contributed by atoms with Crippen molar-refractivity contribution in [1.29, 1.82) is 0 Å². The fraction of sp³-hybridized carbons (Fsp3) is 0.409. The molecule has 2 bridgehead atoms. The van der Waals surface area contributed by atoms with Crippen LogP contribution in [0, 0.1) is 5.92 Å². The van der Waals surface area contributed by atoms with Gasteiger partial charge in [-0.2, -0.15) is 0 Å². The molecule has 7 nitrogen and oxygen atoms in total. The summed E-state index contributed by atoms with van der Waals surface area (Å²) in [6, 6.07) is 8.81. The zero-order valence-electron chi connectivity index (χ0n) is 17.0. The Hall–Kier alpha value is -3.00. The predicted molar refractivity (Wildman–Crippen MR) is 112 cm³/mol. The van der Waals surface area contributed by atoms with Gasteiger partial charge in [0.05, 0.1) is 23.8 Å². The molecule has 2 saturated heterocycles. The van der Waals surface area contributed by atoms with Crippen LogP contribution in [0.3, 0.4) is 0 Å². The normalized spacial score (nSPS) is 27.9. The molecule has 3 aromatic rings. The van der Waals surface area contributed by atoms with E-state index in [2.05, 4.69) is 20.5 Å². The first-order valence-corrected chi connectivity index (χ1v) is 10.2. The molecule has 3 aliphatic rings. The van der Waals surface area contributed by atoms with Crippen LogP contribution < -0.4 is 10.2 Å². The molecule has 156 valence electrons. The Balaban J connectivity index is 1.38. The van der Waals surface area contributed by atoms with Gasteiger partial charge < -0.3 is 19.9 Å². The smallest absolute Gasteiger partial charge is 0.151 e. The third kappa shape index (κ3) is 3.02. The van der Waals surface area contributed by atoms with E-state index in [9.17, 15) is 5.11 Å². The predicted octanol–water partition coefficient (Wildman–Crippen LogP) is 2.95. The molecule has 1 aliphatic carbocycles. The maximum Gasteiger partial charge on any atom is 0.151 e. The zero-order valence-corrected chi connectivity index (χ0v) is 17.0. The minimum Gasteiger partial charge on any atom is -0.507 e. The van der Waals surface area contributed by atoms with Crippen LogP contribution in [0.2, 0.25) is 0 Å². The number of imidazole rings is 1. The van der Waals surface area contributed by atoms with Crippen LogP contribution in [0.15, 0.2) is 49.1 Å². The van der Waals surface area contributed by atoms with Crippen LogP contribution in [0.4, 0.5) is 10.2 Å². The van der Waals surface area contributed by atoms with E-state index >= 15 is 4.39 Å². The minimum atomic E-state index is -0.962. The van der Waals surface area contributed by atoms with E-state index in [1.807, 2.05) is 53.9 Å². The Kier molecular flexibility index (Phi) is 4.47. The molecular weight excluding hydrogens is 383 g/mol. The maximum atomic E-state index is 15.2. The summed E-state index contributed by atoms with van der Waals surface area (Å²) < 4.78 is 17.0. The van der Waals surface area contributed by atoms with Crippen molar-refractivity contribution in [2.75, 3.05) is 18.5 Å². The van der Waals surface area contributed by atoms with Gasteiger partial charge in [0.15, 0.2) is 5.82 Å². The fourth-order valence-electron chi connectivity index (χ4n) is 4.81. The lowest BCUT2D eigenvalue weighted by Gasteiger charge is -2.54. The summed E-state index contributed by atoms with van der Waals surface area (Å²) in [6.45, 7) is 2.80. The van der Waals surface area contributed by atoms with E-state index in [1.165, 1.54) is 0 Å². The number of alkyl halides is 1. The fourth-order valence-corrected chi connectivity index (χ4v) is 4.81. The number of rotatable bonds is 4. The molecule has 4 heterocycles. The number of benzene rings is 1. The first kappa shape index (κ1) is 19.0. The molecular formula is C22H25FN6O. The Labute approximate surface area is 174 Å². The van der Waals surface area contributed by atoms with Gasteiger partial charge in [0.25, 0.3) is 0 Å². The number of anilines is 1. The summed E-state index contributed by atoms with van der Waals surface area (Å²) in [4.78, 5) is 5.94. The largest absolute Gasteiger partial charge is 0.507 e. The average Bonchev–Trinajstić information content (AvgIpc) is 3.30. The quantitative estimate of drug-likeness (QED) is 0.691. The Bertz CT molecular complexity index is 1030. The number of hydrogen-bond donors (Lipinski definition) is 2. The van der Waals surface area contributed by atoms with Gasteiger partial charge >= 0.3 is 0 Å². The molecule has 1 aromatic carbocycles. The molecule has 4 atom stereocenters. The van der Waals surface area contributed by atoms with Crippen molar-refractivity contribution >= 4 is 5.82 Å². The second-order valence-corrected chi connectivity index (χ2v) is 8.55. The lowest BCUT2D eigenvalue weighted by Crippen LogP contribution is -2.70. The summed E-state index contributed by atoms with van der Waals surface area (Å²) in [6.07, 6.45) is 6.08.